The minimum atomic E-state index is -3.39. The minimum Gasteiger partial charge on any atom is -0.492 e. The van der Waals surface area contributed by atoms with Gasteiger partial charge in [0.2, 0.25) is 20.0 Å². The lowest BCUT2D eigenvalue weighted by molar-refractivity contribution is 0.172. The standard InChI is InChI=1S/C24H28N4O6S2.ClH/c1-35(30,31)27-17-5-3-4-16(12-17)24(29)15-25-10-11-34-19-7-9-21-20-8-6-18(28-36(2,32)33)13-22(20)26-23(21)14-19;/h3-9,12-14,24-29H,10-11,15H2,1-2H3;1H/t24-;/m0./s1. The number of aromatic nitrogens is 1. The number of aliphatic hydroxyl groups excluding tert-OH is 1. The Morgan fingerprint density at radius 3 is 2.16 bits per heavy atom. The van der Waals surface area contributed by atoms with Gasteiger partial charge in [-0.25, -0.2) is 16.8 Å². The molecule has 4 rings (SSSR count). The van der Waals surface area contributed by atoms with E-state index in [-0.39, 0.29) is 19.0 Å². The molecule has 0 fully saturated rings. The number of nitrogens with one attached hydrogen (secondary N) is 4. The topological polar surface area (TPSA) is 150 Å². The van der Waals surface area contributed by atoms with E-state index < -0.39 is 26.2 Å². The van der Waals surface area contributed by atoms with Crippen LogP contribution in [0.4, 0.5) is 11.4 Å². The summed E-state index contributed by atoms with van der Waals surface area (Å²) >= 11 is 0. The van der Waals surface area contributed by atoms with Crippen LogP contribution in [0.5, 0.6) is 5.75 Å². The third-order valence-corrected chi connectivity index (χ3v) is 6.55. The molecule has 0 aliphatic rings. The van der Waals surface area contributed by atoms with E-state index >= 15 is 0 Å². The summed E-state index contributed by atoms with van der Waals surface area (Å²) in [6, 6.07) is 17.7. The molecule has 3 aromatic carbocycles. The van der Waals surface area contributed by atoms with Crippen molar-refractivity contribution in [1.29, 1.82) is 0 Å². The highest BCUT2D eigenvalue weighted by molar-refractivity contribution is 7.92. The van der Waals surface area contributed by atoms with Crippen LogP contribution in [-0.4, -0.2) is 59.1 Å². The number of sulfonamides is 2. The number of aliphatic hydroxyl groups is 1. The second-order valence-corrected chi connectivity index (χ2v) is 12.0. The number of halogens is 1. The average molecular weight is 569 g/mol. The molecule has 37 heavy (non-hydrogen) atoms. The summed E-state index contributed by atoms with van der Waals surface area (Å²) in [5, 5.41) is 15.5. The Bertz CT molecular complexity index is 1610. The Hall–Kier alpha value is -3.03. The van der Waals surface area contributed by atoms with Crippen molar-refractivity contribution in [2.45, 2.75) is 6.10 Å². The fraction of sp³-hybridized carbons (Fsp3) is 0.250. The summed E-state index contributed by atoms with van der Waals surface area (Å²) in [6.07, 6.45) is 1.37. The van der Waals surface area contributed by atoms with E-state index in [9.17, 15) is 21.9 Å². The van der Waals surface area contributed by atoms with Gasteiger partial charge in [0, 0.05) is 41.1 Å². The van der Waals surface area contributed by atoms with Gasteiger partial charge < -0.3 is 20.1 Å². The molecule has 0 radical (unpaired) electrons. The van der Waals surface area contributed by atoms with E-state index in [1.54, 1.807) is 36.4 Å². The summed E-state index contributed by atoms with van der Waals surface area (Å²) in [4.78, 5) is 3.29. The second kappa shape index (κ2) is 11.6. The van der Waals surface area contributed by atoms with Gasteiger partial charge in [0.1, 0.15) is 12.4 Å². The molecule has 4 aromatic rings. The van der Waals surface area contributed by atoms with Crippen molar-refractivity contribution in [2.24, 2.45) is 0 Å². The third kappa shape index (κ3) is 7.98. The molecule has 10 nitrogen and oxygen atoms in total. The fourth-order valence-corrected chi connectivity index (χ4v) is 4.99. The molecule has 0 amide bonds. The molecule has 0 bridgehead atoms. The lowest BCUT2D eigenvalue weighted by atomic mass is 10.1. The number of aromatic amines is 1. The van der Waals surface area contributed by atoms with Gasteiger partial charge in [-0.1, -0.05) is 18.2 Å². The molecule has 0 aliphatic heterocycles. The normalized spacial score (nSPS) is 12.7. The highest BCUT2D eigenvalue weighted by atomic mass is 35.5. The molecule has 1 atom stereocenters. The maximum Gasteiger partial charge on any atom is 0.229 e. The van der Waals surface area contributed by atoms with Crippen LogP contribution in [0.1, 0.15) is 11.7 Å². The summed E-state index contributed by atoms with van der Waals surface area (Å²) < 4.78 is 56.5. The molecule has 0 saturated carbocycles. The van der Waals surface area contributed by atoms with Gasteiger partial charge in [-0.3, -0.25) is 9.44 Å². The van der Waals surface area contributed by atoms with Crippen LogP contribution in [0.25, 0.3) is 21.8 Å². The number of hydrogen-bond donors (Lipinski definition) is 5. The van der Waals surface area contributed by atoms with Gasteiger partial charge >= 0.3 is 0 Å². The van der Waals surface area contributed by atoms with E-state index in [0.717, 1.165) is 34.3 Å². The predicted octanol–water partition coefficient (Wildman–Crippen LogP) is 3.19. The van der Waals surface area contributed by atoms with Crippen LogP contribution in [0.2, 0.25) is 0 Å². The molecule has 5 N–H and O–H groups in total. The minimum absolute atomic E-state index is 0. The van der Waals surface area contributed by atoms with Crippen molar-refractivity contribution < 1.29 is 26.7 Å². The van der Waals surface area contributed by atoms with E-state index in [4.69, 9.17) is 4.74 Å². The summed E-state index contributed by atoms with van der Waals surface area (Å²) in [7, 11) is -6.75. The zero-order valence-electron chi connectivity index (χ0n) is 20.2. The number of rotatable bonds is 11. The third-order valence-electron chi connectivity index (χ3n) is 5.33. The SMILES string of the molecule is CS(=O)(=O)Nc1cccc([C@@H](O)CNCCOc2ccc3c(c2)[nH]c2cc(NS(C)(=O)=O)ccc23)c1.Cl. The van der Waals surface area contributed by atoms with Gasteiger partial charge in [0.05, 0.1) is 29.8 Å². The maximum atomic E-state index is 11.5. The van der Waals surface area contributed by atoms with E-state index in [2.05, 4.69) is 19.7 Å². The van der Waals surface area contributed by atoms with Crippen molar-refractivity contribution in [3.8, 4) is 5.75 Å². The number of fused-ring (bicyclic) bond motifs is 3. The quantitative estimate of drug-likeness (QED) is 0.174. The average Bonchev–Trinajstić information content (AvgIpc) is 3.13. The number of anilines is 2. The van der Waals surface area contributed by atoms with E-state index in [0.29, 0.717) is 35.8 Å². The number of benzene rings is 3. The van der Waals surface area contributed by atoms with E-state index in [1.807, 2.05) is 24.3 Å². The van der Waals surface area contributed by atoms with Crippen molar-refractivity contribution in [3.63, 3.8) is 0 Å². The molecule has 0 aliphatic carbocycles. The Balaban J connectivity index is 0.00000380. The first kappa shape index (κ1) is 28.5. The lowest BCUT2D eigenvalue weighted by Gasteiger charge is -2.14. The highest BCUT2D eigenvalue weighted by Gasteiger charge is 2.11. The molecule has 1 aromatic heterocycles. The van der Waals surface area contributed by atoms with Gasteiger partial charge in [0.15, 0.2) is 0 Å². The molecule has 13 heteroatoms. The van der Waals surface area contributed by atoms with Crippen LogP contribution in [-0.2, 0) is 20.0 Å². The molecule has 1 heterocycles. The van der Waals surface area contributed by atoms with Crippen LogP contribution < -0.4 is 19.5 Å². The van der Waals surface area contributed by atoms with Gasteiger partial charge in [0.25, 0.3) is 0 Å². The van der Waals surface area contributed by atoms with Crippen LogP contribution in [0.15, 0.2) is 60.7 Å². The number of hydrogen-bond acceptors (Lipinski definition) is 7. The number of H-pyrrole nitrogens is 1. The fourth-order valence-electron chi connectivity index (χ4n) is 3.88. The van der Waals surface area contributed by atoms with Crippen LogP contribution in [0.3, 0.4) is 0 Å². The highest BCUT2D eigenvalue weighted by Crippen LogP contribution is 2.30. The number of ether oxygens (including phenoxy) is 1. The smallest absolute Gasteiger partial charge is 0.229 e. The Morgan fingerprint density at radius 1 is 0.865 bits per heavy atom. The van der Waals surface area contributed by atoms with Crippen molar-refractivity contribution >= 4 is 65.6 Å². The van der Waals surface area contributed by atoms with E-state index in [1.165, 1.54) is 0 Å². The summed E-state index contributed by atoms with van der Waals surface area (Å²) in [5.41, 5.74) is 3.15. The predicted molar refractivity (Wildman–Crippen MR) is 150 cm³/mol. The molecule has 0 unspecified atom stereocenters. The Kier molecular flexibility index (Phi) is 8.92. The summed E-state index contributed by atoms with van der Waals surface area (Å²) in [5.74, 6) is 0.672. The van der Waals surface area contributed by atoms with Gasteiger partial charge in [-0.05, 0) is 42.0 Å². The second-order valence-electron chi connectivity index (χ2n) is 8.54. The Morgan fingerprint density at radius 2 is 1.49 bits per heavy atom. The largest absolute Gasteiger partial charge is 0.492 e. The molecular weight excluding hydrogens is 540 g/mol. The zero-order valence-corrected chi connectivity index (χ0v) is 22.6. The van der Waals surface area contributed by atoms with Crippen LogP contribution >= 0.6 is 12.4 Å². The van der Waals surface area contributed by atoms with Crippen molar-refractivity contribution in [2.75, 3.05) is 41.7 Å². The Labute approximate surface area is 221 Å². The monoisotopic (exact) mass is 568 g/mol. The van der Waals surface area contributed by atoms with Crippen molar-refractivity contribution in [3.05, 3.63) is 66.2 Å². The maximum absolute atomic E-state index is 11.5. The first-order chi connectivity index (χ1) is 17.0. The zero-order chi connectivity index (χ0) is 25.9. The first-order valence-corrected chi connectivity index (χ1v) is 14.9. The van der Waals surface area contributed by atoms with Crippen molar-refractivity contribution in [1.82, 2.24) is 10.3 Å². The summed E-state index contributed by atoms with van der Waals surface area (Å²) in [6.45, 7) is 1.14. The lowest BCUT2D eigenvalue weighted by Crippen LogP contribution is -2.26. The molecule has 200 valence electrons. The van der Waals surface area contributed by atoms with Gasteiger partial charge in [-0.2, -0.15) is 0 Å². The first-order valence-electron chi connectivity index (χ1n) is 11.1. The van der Waals surface area contributed by atoms with Crippen LogP contribution in [0, 0.1) is 0 Å². The molecule has 0 spiro atoms. The van der Waals surface area contributed by atoms with Gasteiger partial charge in [-0.15, -0.1) is 12.4 Å². The molecule has 0 saturated heterocycles. The molecular formula is C24H29ClN4O6S2.